The standard InChI is InChI=1S/3C10H7F4NO2.Fe/c3*1-3(16)5(4(2)17)6-7(11)9(13)15-10(14)8(6)12;/h3*5H,1-2H3;/q;;;+3. The zero-order valence-electron chi connectivity index (χ0n) is 26.9. The smallest absolute Gasteiger partial charge is 0.299 e. The van der Waals surface area contributed by atoms with Crippen LogP contribution in [0.2, 0.25) is 0 Å². The molecule has 3 rings (SSSR count). The zero-order valence-corrected chi connectivity index (χ0v) is 28.0. The average molecular weight is 803 g/mol. The predicted octanol–water partition coefficient (Wildman–Crippen LogP) is 5.70. The molecule has 0 bridgehead atoms. The molecular formula is C30H21F12FeN3O6+3. The molecule has 9 nitrogen and oxygen atoms in total. The van der Waals surface area contributed by atoms with Crippen molar-refractivity contribution in [3.05, 3.63) is 87.3 Å². The SMILES string of the molecule is CC(=O)C(C(C)=O)c1c(F)c(F)nc(F)c1F.CC(=O)C(C(C)=O)c1c(F)c(F)nc(F)c1F.CC(=O)C(C(C)=O)c1c(F)c(F)nc(F)c1F.[Fe+3]. The van der Waals surface area contributed by atoms with E-state index in [2.05, 4.69) is 15.0 Å². The summed E-state index contributed by atoms with van der Waals surface area (Å²) >= 11 is 0. The summed E-state index contributed by atoms with van der Waals surface area (Å²) in [4.78, 5) is 73.5. The van der Waals surface area contributed by atoms with E-state index in [-0.39, 0.29) is 17.1 Å². The number of Topliss-reactive ketones (excluding diaryl/α,β-unsaturated/α-hetero) is 6. The second-order valence-corrected chi connectivity index (χ2v) is 10.2. The van der Waals surface area contributed by atoms with Gasteiger partial charge in [-0.15, -0.1) is 0 Å². The normalized spacial score (nSPS) is 10.6. The van der Waals surface area contributed by atoms with Crippen molar-refractivity contribution in [2.75, 3.05) is 0 Å². The number of ketones is 6. The van der Waals surface area contributed by atoms with Gasteiger partial charge in [0.05, 0.1) is 16.7 Å². The molecule has 0 aromatic carbocycles. The van der Waals surface area contributed by atoms with Gasteiger partial charge in [-0.05, 0) is 41.5 Å². The van der Waals surface area contributed by atoms with E-state index < -0.39 is 140 Å². The number of hydrogen-bond donors (Lipinski definition) is 0. The topological polar surface area (TPSA) is 141 Å². The van der Waals surface area contributed by atoms with Crippen molar-refractivity contribution in [3.8, 4) is 0 Å². The number of pyridine rings is 3. The van der Waals surface area contributed by atoms with Crippen LogP contribution in [0.4, 0.5) is 52.7 Å². The van der Waals surface area contributed by atoms with Gasteiger partial charge in [-0.3, -0.25) is 28.8 Å². The molecule has 0 amide bonds. The Balaban J connectivity index is 0.000000743. The first-order valence-corrected chi connectivity index (χ1v) is 13.4. The molecule has 1 radical (unpaired) electrons. The van der Waals surface area contributed by atoms with Crippen LogP contribution in [0, 0.1) is 70.6 Å². The third kappa shape index (κ3) is 10.6. The number of halogens is 12. The maximum atomic E-state index is 13.3. The number of nitrogens with zero attached hydrogens (tertiary/aromatic N) is 3. The minimum Gasteiger partial charge on any atom is -0.299 e. The summed E-state index contributed by atoms with van der Waals surface area (Å²) in [5, 5.41) is 0. The molecule has 0 unspecified atom stereocenters. The molecule has 3 aromatic heterocycles. The number of hydrogen-bond acceptors (Lipinski definition) is 9. The van der Waals surface area contributed by atoms with Crippen LogP contribution in [0.15, 0.2) is 0 Å². The number of aromatic nitrogens is 3. The molecule has 0 saturated heterocycles. The fraction of sp³-hybridized carbons (Fsp3) is 0.300. The first-order valence-electron chi connectivity index (χ1n) is 13.4. The molecule has 0 aliphatic rings. The molecule has 281 valence electrons. The van der Waals surface area contributed by atoms with Crippen LogP contribution in [-0.4, -0.2) is 49.7 Å². The molecule has 22 heteroatoms. The Kier molecular flexibility index (Phi) is 17.3. The van der Waals surface area contributed by atoms with Crippen molar-refractivity contribution < 1.29 is 98.5 Å². The van der Waals surface area contributed by atoms with Crippen LogP contribution < -0.4 is 0 Å². The fourth-order valence-corrected chi connectivity index (χ4v) is 4.35. The van der Waals surface area contributed by atoms with Gasteiger partial charge in [0.15, 0.2) is 34.9 Å². The fourth-order valence-electron chi connectivity index (χ4n) is 4.35. The van der Waals surface area contributed by atoms with Gasteiger partial charge in [-0.1, -0.05) is 0 Å². The van der Waals surface area contributed by atoms with Gasteiger partial charge in [0.2, 0.25) is 0 Å². The van der Waals surface area contributed by atoms with Crippen LogP contribution in [0.3, 0.4) is 0 Å². The zero-order chi connectivity index (χ0) is 40.0. The van der Waals surface area contributed by atoms with Crippen molar-refractivity contribution >= 4 is 34.7 Å². The predicted molar refractivity (Wildman–Crippen MR) is 145 cm³/mol. The summed E-state index contributed by atoms with van der Waals surface area (Å²) in [6.07, 6.45) is 0. The summed E-state index contributed by atoms with van der Waals surface area (Å²) in [7, 11) is 0. The summed E-state index contributed by atoms with van der Waals surface area (Å²) in [6, 6.07) is 0. The molecule has 52 heavy (non-hydrogen) atoms. The van der Waals surface area contributed by atoms with Crippen molar-refractivity contribution in [3.63, 3.8) is 0 Å². The average Bonchev–Trinajstić information content (AvgIpc) is 2.99. The molecule has 0 N–H and O–H groups in total. The van der Waals surface area contributed by atoms with Gasteiger partial charge < -0.3 is 0 Å². The largest absolute Gasteiger partial charge is 3.00 e. The van der Waals surface area contributed by atoms with Crippen molar-refractivity contribution in [2.24, 2.45) is 0 Å². The third-order valence-corrected chi connectivity index (χ3v) is 6.40. The first kappa shape index (κ1) is 47.1. The Hall–Kier alpha value is -4.85. The monoisotopic (exact) mass is 803 g/mol. The molecule has 0 saturated carbocycles. The van der Waals surface area contributed by atoms with Crippen LogP contribution in [-0.2, 0) is 45.8 Å². The minimum atomic E-state index is -1.90. The van der Waals surface area contributed by atoms with E-state index in [0.717, 1.165) is 41.5 Å². The van der Waals surface area contributed by atoms with E-state index >= 15 is 0 Å². The van der Waals surface area contributed by atoms with Gasteiger partial charge in [-0.2, -0.15) is 41.3 Å². The van der Waals surface area contributed by atoms with Gasteiger partial charge >= 0.3 is 17.1 Å². The van der Waals surface area contributed by atoms with Gasteiger partial charge in [0.1, 0.15) is 52.5 Å². The second kappa shape index (κ2) is 19.1. The molecule has 3 heterocycles. The van der Waals surface area contributed by atoms with Gasteiger partial charge in [0, 0.05) is 0 Å². The van der Waals surface area contributed by atoms with E-state index in [4.69, 9.17) is 0 Å². The van der Waals surface area contributed by atoms with Crippen molar-refractivity contribution in [2.45, 2.75) is 59.3 Å². The Morgan fingerprint density at radius 3 is 0.538 bits per heavy atom. The van der Waals surface area contributed by atoms with Crippen LogP contribution in [0.25, 0.3) is 0 Å². The van der Waals surface area contributed by atoms with E-state index in [0.29, 0.717) is 0 Å². The number of carbonyl (C=O) groups excluding carboxylic acids is 6. The van der Waals surface area contributed by atoms with Gasteiger partial charge in [0.25, 0.3) is 35.7 Å². The molecular weight excluding hydrogens is 782 g/mol. The van der Waals surface area contributed by atoms with E-state index in [1.54, 1.807) is 0 Å². The van der Waals surface area contributed by atoms with Crippen LogP contribution in [0.1, 0.15) is 76.0 Å². The Labute approximate surface area is 294 Å². The Morgan fingerprint density at radius 2 is 0.442 bits per heavy atom. The summed E-state index contributed by atoms with van der Waals surface area (Å²) in [5.74, 6) is -33.5. The second-order valence-electron chi connectivity index (χ2n) is 10.2. The Morgan fingerprint density at radius 1 is 0.327 bits per heavy atom. The quantitative estimate of drug-likeness (QED) is 0.115. The molecule has 0 atom stereocenters. The molecule has 0 aliphatic carbocycles. The van der Waals surface area contributed by atoms with Crippen molar-refractivity contribution in [1.29, 1.82) is 0 Å². The summed E-state index contributed by atoms with van der Waals surface area (Å²) in [6.45, 7) is 5.34. The maximum absolute atomic E-state index is 13.3. The maximum Gasteiger partial charge on any atom is 3.00 e. The molecule has 0 spiro atoms. The number of rotatable bonds is 9. The van der Waals surface area contributed by atoms with E-state index in [9.17, 15) is 81.5 Å². The van der Waals surface area contributed by atoms with Crippen molar-refractivity contribution in [1.82, 2.24) is 15.0 Å². The van der Waals surface area contributed by atoms with Gasteiger partial charge in [-0.25, -0.2) is 26.3 Å². The summed E-state index contributed by atoms with van der Waals surface area (Å²) < 4.78 is 156. The number of carbonyl (C=O) groups is 6. The molecule has 0 fully saturated rings. The summed E-state index contributed by atoms with van der Waals surface area (Å²) in [5.41, 5.74) is -3.72. The van der Waals surface area contributed by atoms with E-state index in [1.165, 1.54) is 0 Å². The van der Waals surface area contributed by atoms with E-state index in [1.807, 2.05) is 0 Å². The Bertz CT molecular complexity index is 1610. The van der Waals surface area contributed by atoms with Crippen LogP contribution >= 0.6 is 0 Å². The van der Waals surface area contributed by atoms with Crippen LogP contribution in [0.5, 0.6) is 0 Å². The minimum absolute atomic E-state index is 0. The first-order chi connectivity index (χ1) is 23.3. The molecule has 0 aliphatic heterocycles. The molecule has 3 aromatic rings. The third-order valence-electron chi connectivity index (χ3n) is 6.40.